The fourth-order valence-electron chi connectivity index (χ4n) is 2.23. The molecule has 0 saturated carbocycles. The van der Waals surface area contributed by atoms with Crippen LogP contribution >= 0.6 is 0 Å². The summed E-state index contributed by atoms with van der Waals surface area (Å²) in [4.78, 5) is 12.1. The third-order valence-electron chi connectivity index (χ3n) is 3.55. The minimum absolute atomic E-state index is 0.0970. The summed E-state index contributed by atoms with van der Waals surface area (Å²) in [5.41, 5.74) is 1.96. The lowest BCUT2D eigenvalue weighted by Gasteiger charge is -2.07. The number of halogens is 1. The van der Waals surface area contributed by atoms with E-state index in [9.17, 15) is 17.6 Å². The van der Waals surface area contributed by atoms with Gasteiger partial charge in [0, 0.05) is 23.1 Å². The highest BCUT2D eigenvalue weighted by Crippen LogP contribution is 2.20. The third-order valence-corrected chi connectivity index (χ3v) is 4.52. The van der Waals surface area contributed by atoms with E-state index in [2.05, 4.69) is 15.5 Å². The van der Waals surface area contributed by atoms with Gasteiger partial charge in [-0.2, -0.15) is 0 Å². The maximum Gasteiger partial charge on any atom is 0.255 e. The average Bonchev–Trinajstić information content (AvgIpc) is 2.62. The predicted molar refractivity (Wildman–Crippen MR) is 94.9 cm³/mol. The van der Waals surface area contributed by atoms with Gasteiger partial charge in [-0.05, 0) is 42.5 Å². The van der Waals surface area contributed by atoms with Crippen molar-refractivity contribution in [2.45, 2.75) is 5.03 Å². The number of aromatic nitrogens is 2. The minimum Gasteiger partial charge on any atom is -0.322 e. The van der Waals surface area contributed by atoms with Crippen molar-refractivity contribution in [2.24, 2.45) is 0 Å². The van der Waals surface area contributed by atoms with E-state index < -0.39 is 21.6 Å². The maximum atomic E-state index is 13.2. The second-order valence-corrected chi connectivity index (χ2v) is 7.53. The zero-order valence-electron chi connectivity index (χ0n) is 13.7. The summed E-state index contributed by atoms with van der Waals surface area (Å²) in [5, 5.41) is 10.2. The van der Waals surface area contributed by atoms with Gasteiger partial charge in [-0.3, -0.25) is 4.79 Å². The number of hydrogen-bond acceptors (Lipinski definition) is 5. The van der Waals surface area contributed by atoms with Gasteiger partial charge >= 0.3 is 0 Å². The van der Waals surface area contributed by atoms with Gasteiger partial charge in [0.25, 0.3) is 5.91 Å². The number of amides is 1. The Kier molecular flexibility index (Phi) is 4.77. The number of benzene rings is 2. The van der Waals surface area contributed by atoms with Crippen LogP contribution in [0.5, 0.6) is 0 Å². The zero-order chi connectivity index (χ0) is 18.7. The minimum atomic E-state index is -3.40. The van der Waals surface area contributed by atoms with Crippen LogP contribution in [0.15, 0.2) is 65.7 Å². The lowest BCUT2D eigenvalue weighted by atomic mass is 10.1. The Hall–Kier alpha value is -3.13. The number of nitrogens with zero attached hydrogens (tertiary/aromatic N) is 2. The van der Waals surface area contributed by atoms with Crippen LogP contribution in [0.3, 0.4) is 0 Å². The number of rotatable bonds is 4. The molecule has 6 nitrogen and oxygen atoms in total. The molecule has 1 N–H and O–H groups in total. The molecule has 3 rings (SSSR count). The highest BCUT2D eigenvalue weighted by Gasteiger charge is 2.11. The van der Waals surface area contributed by atoms with Crippen molar-refractivity contribution >= 4 is 21.4 Å². The van der Waals surface area contributed by atoms with Gasteiger partial charge in [0.2, 0.25) is 0 Å². The molecule has 0 unspecified atom stereocenters. The van der Waals surface area contributed by atoms with Crippen LogP contribution in [-0.4, -0.2) is 30.8 Å². The highest BCUT2D eigenvalue weighted by atomic mass is 32.2. The number of carbonyl (C=O) groups is 1. The van der Waals surface area contributed by atoms with E-state index in [0.29, 0.717) is 16.9 Å². The summed E-state index contributed by atoms with van der Waals surface area (Å²) < 4.78 is 36.0. The Morgan fingerprint density at radius 3 is 2.31 bits per heavy atom. The summed E-state index contributed by atoms with van der Waals surface area (Å²) in [6.07, 6.45) is 1.06. The molecular weight excluding hydrogens is 357 g/mol. The summed E-state index contributed by atoms with van der Waals surface area (Å²) in [6, 6.07) is 15.1. The molecule has 0 bridgehead atoms. The standard InChI is InChI=1S/C18H14FN3O3S/c1-26(24,25)17-10-9-16(21-22-17)12-5-7-15(8-6-12)20-18(23)13-3-2-4-14(19)11-13/h2-11H,1H3,(H,20,23). The monoisotopic (exact) mass is 371 g/mol. The van der Waals surface area contributed by atoms with Crippen molar-refractivity contribution in [1.82, 2.24) is 10.2 Å². The Labute approximate surface area is 149 Å². The van der Waals surface area contributed by atoms with E-state index in [1.165, 1.54) is 24.3 Å². The molecule has 8 heteroatoms. The highest BCUT2D eigenvalue weighted by molar-refractivity contribution is 7.90. The molecule has 0 atom stereocenters. The number of anilines is 1. The molecule has 0 saturated heterocycles. The summed E-state index contributed by atoms with van der Waals surface area (Å²) in [5.74, 6) is -0.904. The predicted octanol–water partition coefficient (Wildman–Crippen LogP) is 2.94. The Bertz CT molecular complexity index is 1050. The fraction of sp³-hybridized carbons (Fsp3) is 0.0556. The van der Waals surface area contributed by atoms with Gasteiger partial charge < -0.3 is 5.32 Å². The summed E-state index contributed by atoms with van der Waals surface area (Å²) in [7, 11) is -3.40. The van der Waals surface area contributed by atoms with Gasteiger partial charge in [0.15, 0.2) is 14.9 Å². The largest absolute Gasteiger partial charge is 0.322 e. The van der Waals surface area contributed by atoms with E-state index in [-0.39, 0.29) is 10.6 Å². The molecule has 0 aliphatic carbocycles. The van der Waals surface area contributed by atoms with Crippen LogP contribution in [-0.2, 0) is 9.84 Å². The molecule has 3 aromatic rings. The number of nitrogens with one attached hydrogen (secondary N) is 1. The van der Waals surface area contributed by atoms with Crippen LogP contribution in [0.4, 0.5) is 10.1 Å². The third kappa shape index (κ3) is 4.09. The Morgan fingerprint density at radius 2 is 1.73 bits per heavy atom. The molecule has 2 aromatic carbocycles. The molecule has 1 heterocycles. The fourth-order valence-corrected chi connectivity index (χ4v) is 2.73. The second kappa shape index (κ2) is 7.01. The molecule has 132 valence electrons. The van der Waals surface area contributed by atoms with Crippen molar-refractivity contribution in [3.8, 4) is 11.3 Å². The van der Waals surface area contributed by atoms with Crippen LogP contribution in [0, 0.1) is 5.82 Å². The molecule has 1 aromatic heterocycles. The average molecular weight is 371 g/mol. The Morgan fingerprint density at radius 1 is 1.00 bits per heavy atom. The van der Waals surface area contributed by atoms with Crippen LogP contribution in [0.1, 0.15) is 10.4 Å². The summed E-state index contributed by atoms with van der Waals surface area (Å²) in [6.45, 7) is 0. The SMILES string of the molecule is CS(=O)(=O)c1ccc(-c2ccc(NC(=O)c3cccc(F)c3)cc2)nn1. The van der Waals surface area contributed by atoms with Crippen LogP contribution in [0.25, 0.3) is 11.3 Å². The van der Waals surface area contributed by atoms with Crippen molar-refractivity contribution < 1.29 is 17.6 Å². The lowest BCUT2D eigenvalue weighted by molar-refractivity contribution is 0.102. The smallest absolute Gasteiger partial charge is 0.255 e. The molecule has 0 radical (unpaired) electrons. The van der Waals surface area contributed by atoms with Gasteiger partial charge in [-0.15, -0.1) is 10.2 Å². The second-order valence-electron chi connectivity index (χ2n) is 5.57. The first-order chi connectivity index (χ1) is 12.3. The van der Waals surface area contributed by atoms with E-state index in [0.717, 1.165) is 12.3 Å². The van der Waals surface area contributed by atoms with Crippen molar-refractivity contribution in [2.75, 3.05) is 11.6 Å². The molecule has 26 heavy (non-hydrogen) atoms. The molecule has 0 fully saturated rings. The van der Waals surface area contributed by atoms with Gasteiger partial charge in [0.05, 0.1) is 5.69 Å². The molecule has 0 aliphatic rings. The van der Waals surface area contributed by atoms with Crippen molar-refractivity contribution in [3.63, 3.8) is 0 Å². The Balaban J connectivity index is 1.75. The quantitative estimate of drug-likeness (QED) is 0.762. The summed E-state index contributed by atoms with van der Waals surface area (Å²) >= 11 is 0. The van der Waals surface area contributed by atoms with E-state index in [1.807, 2.05) is 0 Å². The maximum absolute atomic E-state index is 13.2. The number of carbonyl (C=O) groups excluding carboxylic acids is 1. The number of sulfone groups is 1. The van der Waals surface area contributed by atoms with Crippen LogP contribution in [0.2, 0.25) is 0 Å². The van der Waals surface area contributed by atoms with E-state index >= 15 is 0 Å². The van der Waals surface area contributed by atoms with Gasteiger partial charge in [-0.1, -0.05) is 18.2 Å². The molecular formula is C18H14FN3O3S. The molecule has 1 amide bonds. The van der Waals surface area contributed by atoms with E-state index in [4.69, 9.17) is 0 Å². The first-order valence-corrected chi connectivity index (χ1v) is 9.43. The number of hydrogen-bond donors (Lipinski definition) is 1. The zero-order valence-corrected chi connectivity index (χ0v) is 14.5. The lowest BCUT2D eigenvalue weighted by Crippen LogP contribution is -2.11. The van der Waals surface area contributed by atoms with E-state index in [1.54, 1.807) is 30.3 Å². The normalized spacial score (nSPS) is 11.2. The first kappa shape index (κ1) is 17.7. The molecule has 0 spiro atoms. The van der Waals surface area contributed by atoms with Crippen LogP contribution < -0.4 is 5.32 Å². The topological polar surface area (TPSA) is 89.0 Å². The van der Waals surface area contributed by atoms with Crippen molar-refractivity contribution in [3.05, 3.63) is 72.0 Å². The first-order valence-electron chi connectivity index (χ1n) is 7.54. The van der Waals surface area contributed by atoms with Crippen molar-refractivity contribution in [1.29, 1.82) is 0 Å². The van der Waals surface area contributed by atoms with Gasteiger partial charge in [0.1, 0.15) is 5.82 Å². The van der Waals surface area contributed by atoms with Gasteiger partial charge in [-0.25, -0.2) is 12.8 Å². The molecule has 0 aliphatic heterocycles.